The number of carbonyl (C=O) groups is 1. The molecule has 0 saturated heterocycles. The van der Waals surface area contributed by atoms with Crippen LogP contribution in [0.15, 0.2) is 29.6 Å². The number of anilines is 1. The molecule has 0 saturated carbocycles. The minimum atomic E-state index is -0.403. The standard InChI is InChI=1S/C11H8FN3O2S/c1-6-4-7(12)2-3-8(6)10(16)14-11-13-5-9(15-17)18-11/h2-5H,1H3,(H,13,14,16). The number of nitroso groups, excluding NO2 is 1. The summed E-state index contributed by atoms with van der Waals surface area (Å²) in [7, 11) is 0. The second-order valence-corrected chi connectivity index (χ2v) is 4.52. The predicted molar refractivity (Wildman–Crippen MR) is 66.7 cm³/mol. The smallest absolute Gasteiger partial charge is 0.257 e. The van der Waals surface area contributed by atoms with Crippen LogP contribution in [0.1, 0.15) is 15.9 Å². The summed E-state index contributed by atoms with van der Waals surface area (Å²) in [5.41, 5.74) is 0.880. The molecule has 0 spiro atoms. The molecule has 92 valence electrons. The molecular formula is C11H8FN3O2S. The van der Waals surface area contributed by atoms with E-state index >= 15 is 0 Å². The molecular weight excluding hydrogens is 257 g/mol. The van der Waals surface area contributed by atoms with Crippen molar-refractivity contribution in [3.05, 3.63) is 46.2 Å². The summed E-state index contributed by atoms with van der Waals surface area (Å²) in [5.74, 6) is -0.801. The molecule has 0 aliphatic heterocycles. The lowest BCUT2D eigenvalue weighted by Crippen LogP contribution is -2.13. The fraction of sp³-hybridized carbons (Fsp3) is 0.0909. The van der Waals surface area contributed by atoms with Gasteiger partial charge >= 0.3 is 0 Å². The average molecular weight is 265 g/mol. The molecule has 7 heteroatoms. The Morgan fingerprint density at radius 3 is 2.89 bits per heavy atom. The Labute approximate surface area is 106 Å². The van der Waals surface area contributed by atoms with Crippen LogP contribution in [0.5, 0.6) is 0 Å². The Morgan fingerprint density at radius 1 is 1.50 bits per heavy atom. The minimum absolute atomic E-state index is 0.182. The van der Waals surface area contributed by atoms with E-state index in [1.54, 1.807) is 6.92 Å². The van der Waals surface area contributed by atoms with E-state index in [1.165, 1.54) is 24.4 Å². The number of halogens is 1. The number of hydrogen-bond donors (Lipinski definition) is 1. The lowest BCUT2D eigenvalue weighted by molar-refractivity contribution is 0.102. The Bertz CT molecular complexity index is 612. The molecule has 2 rings (SSSR count). The fourth-order valence-electron chi connectivity index (χ4n) is 1.41. The van der Waals surface area contributed by atoms with Gasteiger partial charge in [-0.25, -0.2) is 9.37 Å². The quantitative estimate of drug-likeness (QED) is 0.866. The van der Waals surface area contributed by atoms with Gasteiger partial charge in [0.2, 0.25) is 0 Å². The van der Waals surface area contributed by atoms with Crippen LogP contribution >= 0.6 is 11.3 Å². The highest BCUT2D eigenvalue weighted by atomic mass is 32.1. The number of amides is 1. The number of carbonyl (C=O) groups excluding carboxylic acids is 1. The monoisotopic (exact) mass is 265 g/mol. The first-order chi connectivity index (χ1) is 8.60. The number of hydrogen-bond acceptors (Lipinski definition) is 5. The van der Waals surface area contributed by atoms with Gasteiger partial charge in [0.15, 0.2) is 10.1 Å². The summed E-state index contributed by atoms with van der Waals surface area (Å²) >= 11 is 0.969. The van der Waals surface area contributed by atoms with Gasteiger partial charge in [0, 0.05) is 5.56 Å². The van der Waals surface area contributed by atoms with E-state index in [1.807, 2.05) is 0 Å². The maximum atomic E-state index is 12.9. The first-order valence-electron chi connectivity index (χ1n) is 4.97. The Morgan fingerprint density at radius 2 is 2.28 bits per heavy atom. The molecule has 0 fully saturated rings. The van der Waals surface area contributed by atoms with E-state index < -0.39 is 11.7 Å². The highest BCUT2D eigenvalue weighted by Gasteiger charge is 2.12. The minimum Gasteiger partial charge on any atom is -0.298 e. The molecule has 0 aliphatic rings. The van der Waals surface area contributed by atoms with Gasteiger partial charge in [0.1, 0.15) is 5.82 Å². The number of aromatic nitrogens is 1. The van der Waals surface area contributed by atoms with Gasteiger partial charge in [-0.15, -0.1) is 4.91 Å². The largest absolute Gasteiger partial charge is 0.298 e. The fourth-order valence-corrected chi connectivity index (χ4v) is 2.00. The topological polar surface area (TPSA) is 71.4 Å². The summed E-state index contributed by atoms with van der Waals surface area (Å²) in [6, 6.07) is 3.88. The molecule has 5 nitrogen and oxygen atoms in total. The number of aryl methyl sites for hydroxylation is 1. The average Bonchev–Trinajstić information content (AvgIpc) is 2.76. The lowest BCUT2D eigenvalue weighted by atomic mass is 10.1. The lowest BCUT2D eigenvalue weighted by Gasteiger charge is -2.04. The van der Waals surface area contributed by atoms with Gasteiger partial charge in [0.25, 0.3) is 5.91 Å². The van der Waals surface area contributed by atoms with Crippen LogP contribution in [0.25, 0.3) is 0 Å². The summed E-state index contributed by atoms with van der Waals surface area (Å²) in [4.78, 5) is 25.9. The third-order valence-corrected chi connectivity index (χ3v) is 3.03. The van der Waals surface area contributed by atoms with Crippen LogP contribution in [0.3, 0.4) is 0 Å². The van der Waals surface area contributed by atoms with Gasteiger partial charge in [-0.05, 0) is 35.9 Å². The molecule has 0 unspecified atom stereocenters. The van der Waals surface area contributed by atoms with Crippen LogP contribution in [0, 0.1) is 17.6 Å². The zero-order valence-electron chi connectivity index (χ0n) is 9.31. The number of nitrogens with zero attached hydrogens (tertiary/aromatic N) is 2. The highest BCUT2D eigenvalue weighted by molar-refractivity contribution is 7.19. The molecule has 1 aromatic heterocycles. The Balaban J connectivity index is 2.19. The van der Waals surface area contributed by atoms with Crippen LogP contribution in [0.4, 0.5) is 14.5 Å². The summed E-state index contributed by atoms with van der Waals surface area (Å²) in [6.45, 7) is 1.64. The van der Waals surface area contributed by atoms with E-state index in [0.717, 1.165) is 11.3 Å². The van der Waals surface area contributed by atoms with Crippen molar-refractivity contribution < 1.29 is 9.18 Å². The van der Waals surface area contributed by atoms with Gasteiger partial charge in [-0.1, -0.05) is 11.3 Å². The second-order valence-electron chi connectivity index (χ2n) is 3.51. The van der Waals surface area contributed by atoms with Crippen molar-refractivity contribution in [3.8, 4) is 0 Å². The predicted octanol–water partition coefficient (Wildman–Crippen LogP) is 3.24. The maximum Gasteiger partial charge on any atom is 0.257 e. The van der Waals surface area contributed by atoms with E-state index in [2.05, 4.69) is 15.5 Å². The van der Waals surface area contributed by atoms with Crippen molar-refractivity contribution in [2.45, 2.75) is 6.92 Å². The Hall–Kier alpha value is -2.15. The number of benzene rings is 1. The summed E-state index contributed by atoms with van der Waals surface area (Å²) in [6.07, 6.45) is 1.27. The summed E-state index contributed by atoms with van der Waals surface area (Å²) < 4.78 is 12.9. The van der Waals surface area contributed by atoms with Gasteiger partial charge in [-0.3, -0.25) is 10.1 Å². The third kappa shape index (κ3) is 2.57. The first kappa shape index (κ1) is 12.3. The van der Waals surface area contributed by atoms with Crippen molar-refractivity contribution >= 4 is 27.4 Å². The van der Waals surface area contributed by atoms with Crippen molar-refractivity contribution in [1.29, 1.82) is 0 Å². The molecule has 0 aliphatic carbocycles. The van der Waals surface area contributed by atoms with Crippen LogP contribution < -0.4 is 5.32 Å². The van der Waals surface area contributed by atoms with Gasteiger partial charge in [-0.2, -0.15) is 0 Å². The van der Waals surface area contributed by atoms with Crippen LogP contribution in [-0.4, -0.2) is 10.9 Å². The van der Waals surface area contributed by atoms with Crippen molar-refractivity contribution in [2.75, 3.05) is 5.32 Å². The zero-order chi connectivity index (χ0) is 13.1. The Kier molecular flexibility index (Phi) is 3.42. The molecule has 0 radical (unpaired) electrons. The van der Waals surface area contributed by atoms with Crippen molar-refractivity contribution in [2.24, 2.45) is 5.18 Å². The molecule has 0 atom stereocenters. The van der Waals surface area contributed by atoms with Gasteiger partial charge < -0.3 is 0 Å². The van der Waals surface area contributed by atoms with E-state index in [9.17, 15) is 14.1 Å². The third-order valence-electron chi connectivity index (χ3n) is 2.24. The first-order valence-corrected chi connectivity index (χ1v) is 5.78. The molecule has 1 aromatic carbocycles. The SMILES string of the molecule is Cc1cc(F)ccc1C(=O)Nc1ncc(N=O)s1. The second kappa shape index (κ2) is 5.01. The van der Waals surface area contributed by atoms with Crippen molar-refractivity contribution in [3.63, 3.8) is 0 Å². The number of nitrogens with one attached hydrogen (secondary N) is 1. The van der Waals surface area contributed by atoms with Gasteiger partial charge in [0.05, 0.1) is 6.20 Å². The normalized spacial score (nSPS) is 10.1. The van der Waals surface area contributed by atoms with Crippen LogP contribution in [0.2, 0.25) is 0 Å². The zero-order valence-corrected chi connectivity index (χ0v) is 10.1. The molecule has 1 amide bonds. The molecule has 2 aromatic rings. The number of thiazole rings is 1. The van der Waals surface area contributed by atoms with E-state index in [0.29, 0.717) is 11.1 Å². The highest BCUT2D eigenvalue weighted by Crippen LogP contribution is 2.26. The number of rotatable bonds is 3. The van der Waals surface area contributed by atoms with Crippen LogP contribution in [-0.2, 0) is 0 Å². The molecule has 0 bridgehead atoms. The van der Waals surface area contributed by atoms with Crippen molar-refractivity contribution in [1.82, 2.24) is 4.98 Å². The van der Waals surface area contributed by atoms with E-state index in [-0.39, 0.29) is 10.1 Å². The van der Waals surface area contributed by atoms with E-state index in [4.69, 9.17) is 0 Å². The molecule has 1 N–H and O–H groups in total. The molecule has 1 heterocycles. The summed E-state index contributed by atoms with van der Waals surface area (Å²) in [5, 5.41) is 5.68. The maximum absolute atomic E-state index is 12.9. The molecule has 18 heavy (non-hydrogen) atoms.